The summed E-state index contributed by atoms with van der Waals surface area (Å²) in [6.45, 7) is 7.22. The van der Waals surface area contributed by atoms with Gasteiger partial charge in [-0.1, -0.05) is 61.9 Å². The zero-order valence-electron chi connectivity index (χ0n) is 20.0. The average molecular weight is 461 g/mol. The summed E-state index contributed by atoms with van der Waals surface area (Å²) >= 11 is 0. The summed E-state index contributed by atoms with van der Waals surface area (Å²) in [4.78, 5) is 15.2. The van der Waals surface area contributed by atoms with Crippen LogP contribution in [0.15, 0.2) is 71.7 Å². The molecule has 34 heavy (non-hydrogen) atoms. The number of ether oxygens (including phenoxy) is 3. The number of aryl methyl sites for hydroxylation is 1. The lowest BCUT2D eigenvalue weighted by Crippen LogP contribution is -2.16. The number of benzene rings is 3. The summed E-state index contributed by atoms with van der Waals surface area (Å²) in [5.74, 6) is 1.86. The van der Waals surface area contributed by atoms with Crippen molar-refractivity contribution in [1.29, 1.82) is 0 Å². The molecule has 3 rings (SSSR count). The van der Waals surface area contributed by atoms with Crippen LogP contribution in [0.2, 0.25) is 0 Å². The number of carbonyl (C=O) groups is 1. The molecular weight excluding hydrogens is 428 g/mol. The van der Waals surface area contributed by atoms with Gasteiger partial charge in [0.1, 0.15) is 30.5 Å². The number of nitrogens with two attached hydrogens (primary N) is 1. The Kier molecular flexibility index (Phi) is 9.09. The third-order valence-electron chi connectivity index (χ3n) is 5.32. The average Bonchev–Trinajstić information content (AvgIpc) is 2.84. The van der Waals surface area contributed by atoms with Gasteiger partial charge in [0.15, 0.2) is 0 Å². The monoisotopic (exact) mass is 460 g/mol. The Hall–Kier alpha value is -3.80. The first-order chi connectivity index (χ1) is 16.5. The molecule has 0 atom stereocenters. The highest BCUT2D eigenvalue weighted by Crippen LogP contribution is 2.25. The third-order valence-corrected chi connectivity index (χ3v) is 5.32. The van der Waals surface area contributed by atoms with Crippen molar-refractivity contribution in [3.8, 4) is 22.6 Å². The van der Waals surface area contributed by atoms with E-state index in [4.69, 9.17) is 19.9 Å². The van der Waals surface area contributed by atoms with E-state index in [1.54, 1.807) is 6.92 Å². The van der Waals surface area contributed by atoms with Crippen molar-refractivity contribution in [1.82, 2.24) is 0 Å². The molecule has 2 N–H and O–H groups in total. The first kappa shape index (κ1) is 24.8. The maximum Gasteiger partial charge on any atom is 0.435 e. The van der Waals surface area contributed by atoms with Gasteiger partial charge in [0.2, 0.25) is 0 Å². The molecule has 0 radical (unpaired) electrons. The van der Waals surface area contributed by atoms with Crippen LogP contribution in [0.1, 0.15) is 37.0 Å². The van der Waals surface area contributed by atoms with Gasteiger partial charge < -0.3 is 19.9 Å². The van der Waals surface area contributed by atoms with Crippen LogP contribution in [0.4, 0.5) is 4.79 Å². The summed E-state index contributed by atoms with van der Waals surface area (Å²) < 4.78 is 16.6. The number of nitrogens with zero attached hydrogens (tertiary/aromatic N) is 1. The van der Waals surface area contributed by atoms with Crippen molar-refractivity contribution < 1.29 is 19.0 Å². The topological polar surface area (TPSA) is 83.1 Å². The number of hydrogen-bond donors (Lipinski definition) is 1. The second-order valence-electron chi connectivity index (χ2n) is 7.80. The zero-order chi connectivity index (χ0) is 24.3. The fourth-order valence-corrected chi connectivity index (χ4v) is 3.59. The molecule has 0 fully saturated rings. The molecule has 0 aromatic heterocycles. The molecule has 0 unspecified atom stereocenters. The number of hydrogen-bond acceptors (Lipinski definition) is 4. The standard InChI is InChI=1S/C28H32N2O4/c1-4-7-25-20(3)8-6-9-26(25)34-19-18-33-24-16-14-22(15-17-24)21-10-12-23(13-11-21)27(29)30-28(31)32-5-2/h6,8-17H,4-5,7,18-19H2,1-3H3,(H2,29,30,31). The van der Waals surface area contributed by atoms with E-state index in [1.807, 2.05) is 60.7 Å². The Morgan fingerprint density at radius 3 is 2.18 bits per heavy atom. The highest BCUT2D eigenvalue weighted by molar-refractivity contribution is 6.03. The van der Waals surface area contributed by atoms with E-state index >= 15 is 0 Å². The summed E-state index contributed by atoms with van der Waals surface area (Å²) in [7, 11) is 0. The minimum absolute atomic E-state index is 0.128. The molecule has 0 spiro atoms. The van der Waals surface area contributed by atoms with Crippen LogP contribution in [0.25, 0.3) is 11.1 Å². The van der Waals surface area contributed by atoms with E-state index in [-0.39, 0.29) is 12.4 Å². The minimum atomic E-state index is -0.689. The van der Waals surface area contributed by atoms with E-state index in [0.29, 0.717) is 18.8 Å². The zero-order valence-corrected chi connectivity index (χ0v) is 20.0. The van der Waals surface area contributed by atoms with Crippen molar-refractivity contribution in [2.24, 2.45) is 10.7 Å². The molecule has 178 valence electrons. The van der Waals surface area contributed by atoms with Crippen LogP contribution >= 0.6 is 0 Å². The van der Waals surface area contributed by atoms with E-state index in [0.717, 1.165) is 35.5 Å². The maximum absolute atomic E-state index is 11.5. The van der Waals surface area contributed by atoms with Crippen molar-refractivity contribution in [2.75, 3.05) is 19.8 Å². The Labute approximate surface area is 201 Å². The number of rotatable bonds is 10. The van der Waals surface area contributed by atoms with Crippen LogP contribution < -0.4 is 15.2 Å². The van der Waals surface area contributed by atoms with Gasteiger partial charge in [-0.3, -0.25) is 0 Å². The van der Waals surface area contributed by atoms with Crippen LogP contribution in [-0.4, -0.2) is 31.7 Å². The lowest BCUT2D eigenvalue weighted by atomic mass is 10.0. The molecule has 0 bridgehead atoms. The molecule has 0 saturated carbocycles. The van der Waals surface area contributed by atoms with Crippen molar-refractivity contribution in [2.45, 2.75) is 33.6 Å². The quantitative estimate of drug-likeness (QED) is 0.230. The molecule has 0 aliphatic heterocycles. The van der Waals surface area contributed by atoms with Gasteiger partial charge >= 0.3 is 6.09 Å². The van der Waals surface area contributed by atoms with E-state index in [1.165, 1.54) is 11.1 Å². The molecule has 6 nitrogen and oxygen atoms in total. The van der Waals surface area contributed by atoms with Crippen molar-refractivity contribution >= 4 is 11.9 Å². The van der Waals surface area contributed by atoms with E-state index in [9.17, 15) is 4.79 Å². The van der Waals surface area contributed by atoms with Crippen LogP contribution in [-0.2, 0) is 11.2 Å². The maximum atomic E-state index is 11.5. The van der Waals surface area contributed by atoms with Gasteiger partial charge in [0.25, 0.3) is 0 Å². The second-order valence-corrected chi connectivity index (χ2v) is 7.80. The molecule has 0 aliphatic rings. The SMILES string of the molecule is CCCc1c(C)cccc1OCCOc1ccc(-c2ccc(/C(N)=N/C(=O)OCC)cc2)cc1. The molecule has 1 amide bonds. The number of carbonyl (C=O) groups excluding carboxylic acids is 1. The predicted octanol–water partition coefficient (Wildman–Crippen LogP) is 5.93. The van der Waals surface area contributed by atoms with Gasteiger partial charge in [0, 0.05) is 5.56 Å². The largest absolute Gasteiger partial charge is 0.490 e. The first-order valence-electron chi connectivity index (χ1n) is 11.6. The number of amidine groups is 1. The smallest absolute Gasteiger partial charge is 0.435 e. The second kappa shape index (κ2) is 12.4. The van der Waals surface area contributed by atoms with E-state index < -0.39 is 6.09 Å². The highest BCUT2D eigenvalue weighted by atomic mass is 16.5. The molecule has 6 heteroatoms. The van der Waals surface area contributed by atoms with Crippen molar-refractivity contribution in [3.63, 3.8) is 0 Å². The highest BCUT2D eigenvalue weighted by Gasteiger charge is 2.07. The Balaban J connectivity index is 1.53. The molecule has 0 saturated heterocycles. The lowest BCUT2D eigenvalue weighted by molar-refractivity contribution is 0.163. The normalized spacial score (nSPS) is 11.2. The molecular formula is C28H32N2O4. The Morgan fingerprint density at radius 1 is 0.882 bits per heavy atom. The van der Waals surface area contributed by atoms with Gasteiger partial charge in [-0.15, -0.1) is 0 Å². The molecule has 3 aromatic carbocycles. The Morgan fingerprint density at radius 2 is 1.53 bits per heavy atom. The summed E-state index contributed by atoms with van der Waals surface area (Å²) in [5.41, 5.74) is 11.1. The number of amides is 1. The lowest BCUT2D eigenvalue weighted by Gasteiger charge is -2.14. The fraction of sp³-hybridized carbons (Fsp3) is 0.286. The molecule has 0 heterocycles. The molecule has 3 aromatic rings. The fourth-order valence-electron chi connectivity index (χ4n) is 3.59. The summed E-state index contributed by atoms with van der Waals surface area (Å²) in [6, 6.07) is 21.6. The van der Waals surface area contributed by atoms with Gasteiger partial charge in [-0.2, -0.15) is 4.99 Å². The summed E-state index contributed by atoms with van der Waals surface area (Å²) in [5, 5.41) is 0. The molecule has 0 aliphatic carbocycles. The van der Waals surface area contributed by atoms with E-state index in [2.05, 4.69) is 24.9 Å². The van der Waals surface area contributed by atoms with Gasteiger partial charge in [-0.25, -0.2) is 4.79 Å². The van der Waals surface area contributed by atoms with Gasteiger partial charge in [-0.05, 0) is 60.7 Å². The van der Waals surface area contributed by atoms with Crippen LogP contribution in [0.5, 0.6) is 11.5 Å². The van der Waals surface area contributed by atoms with Gasteiger partial charge in [0.05, 0.1) is 6.61 Å². The van der Waals surface area contributed by atoms with Crippen LogP contribution in [0, 0.1) is 6.92 Å². The minimum Gasteiger partial charge on any atom is -0.490 e. The summed E-state index contributed by atoms with van der Waals surface area (Å²) in [6.07, 6.45) is 1.41. The van der Waals surface area contributed by atoms with Crippen molar-refractivity contribution in [3.05, 3.63) is 83.4 Å². The first-order valence-corrected chi connectivity index (χ1v) is 11.6. The number of aliphatic imine (C=N–C) groups is 1. The third kappa shape index (κ3) is 6.85. The predicted molar refractivity (Wildman–Crippen MR) is 136 cm³/mol. The van der Waals surface area contributed by atoms with Crippen LogP contribution in [0.3, 0.4) is 0 Å². The Bertz CT molecular complexity index is 1110.